The van der Waals surface area contributed by atoms with Crippen LogP contribution < -0.4 is 11.1 Å². The van der Waals surface area contributed by atoms with Crippen molar-refractivity contribution in [3.05, 3.63) is 58.4 Å². The largest absolute Gasteiger partial charge is 0.330 e. The second-order valence-corrected chi connectivity index (χ2v) is 4.90. The van der Waals surface area contributed by atoms with Crippen LogP contribution in [0, 0.1) is 6.92 Å². The van der Waals surface area contributed by atoms with Crippen molar-refractivity contribution in [2.24, 2.45) is 5.73 Å². The molecule has 0 saturated carbocycles. The molecule has 0 radical (unpaired) electrons. The number of anilines is 1. The summed E-state index contributed by atoms with van der Waals surface area (Å²) in [5, 5.41) is 3.04. The lowest BCUT2D eigenvalue weighted by molar-refractivity contribution is 0.102. The number of carbonyl (C=O) groups excluding carboxylic acids is 1. The second kappa shape index (κ2) is 6.50. The standard InChI is InChI=1S/C15H16ClN3O/c1-10-8-13(14(16)18-9-10)19-15(20)12-4-2-11(3-5-12)6-7-17/h2-5,8-9H,6-7,17H2,1H3,(H,19,20). The van der Waals surface area contributed by atoms with Crippen molar-refractivity contribution in [2.75, 3.05) is 11.9 Å². The van der Waals surface area contributed by atoms with Gasteiger partial charge < -0.3 is 11.1 Å². The predicted molar refractivity (Wildman–Crippen MR) is 81.1 cm³/mol. The normalized spacial score (nSPS) is 10.3. The fourth-order valence-corrected chi connectivity index (χ4v) is 1.97. The molecule has 1 aromatic heterocycles. The zero-order valence-corrected chi connectivity index (χ0v) is 11.9. The molecule has 2 aromatic rings. The minimum atomic E-state index is -0.210. The summed E-state index contributed by atoms with van der Waals surface area (Å²) in [4.78, 5) is 16.1. The number of pyridine rings is 1. The van der Waals surface area contributed by atoms with Gasteiger partial charge in [-0.2, -0.15) is 0 Å². The van der Waals surface area contributed by atoms with E-state index in [1.165, 1.54) is 0 Å². The molecular formula is C15H16ClN3O. The molecule has 3 N–H and O–H groups in total. The number of carbonyl (C=O) groups is 1. The maximum absolute atomic E-state index is 12.1. The van der Waals surface area contributed by atoms with Crippen LogP contribution in [-0.2, 0) is 6.42 Å². The molecule has 5 heteroatoms. The smallest absolute Gasteiger partial charge is 0.255 e. The molecule has 0 aliphatic carbocycles. The molecular weight excluding hydrogens is 274 g/mol. The molecule has 0 saturated heterocycles. The van der Waals surface area contributed by atoms with E-state index in [2.05, 4.69) is 10.3 Å². The van der Waals surface area contributed by atoms with E-state index in [9.17, 15) is 4.79 Å². The molecule has 2 rings (SSSR count). The van der Waals surface area contributed by atoms with Crippen molar-refractivity contribution in [3.8, 4) is 0 Å². The molecule has 0 aliphatic heterocycles. The zero-order chi connectivity index (χ0) is 14.5. The first-order valence-electron chi connectivity index (χ1n) is 6.32. The van der Waals surface area contributed by atoms with Gasteiger partial charge in [0, 0.05) is 11.8 Å². The quantitative estimate of drug-likeness (QED) is 0.851. The van der Waals surface area contributed by atoms with Gasteiger partial charge in [0.15, 0.2) is 5.15 Å². The van der Waals surface area contributed by atoms with Gasteiger partial charge in [0.05, 0.1) is 5.69 Å². The van der Waals surface area contributed by atoms with Gasteiger partial charge in [-0.3, -0.25) is 4.79 Å². The van der Waals surface area contributed by atoms with Crippen molar-refractivity contribution in [1.82, 2.24) is 4.98 Å². The van der Waals surface area contributed by atoms with Gasteiger partial charge >= 0.3 is 0 Å². The van der Waals surface area contributed by atoms with E-state index in [4.69, 9.17) is 17.3 Å². The summed E-state index contributed by atoms with van der Waals surface area (Å²) in [5.74, 6) is -0.210. The Labute approximate surface area is 123 Å². The molecule has 4 nitrogen and oxygen atoms in total. The number of benzene rings is 1. The molecule has 1 amide bonds. The number of amides is 1. The summed E-state index contributed by atoms with van der Waals surface area (Å²) in [5.41, 5.74) is 8.62. The molecule has 1 aromatic carbocycles. The van der Waals surface area contributed by atoms with Gasteiger partial charge in [-0.05, 0) is 49.2 Å². The number of rotatable bonds is 4. The van der Waals surface area contributed by atoms with Crippen LogP contribution in [0.3, 0.4) is 0 Å². The van der Waals surface area contributed by atoms with Gasteiger partial charge in [0.1, 0.15) is 0 Å². The lowest BCUT2D eigenvalue weighted by Crippen LogP contribution is -2.13. The summed E-state index contributed by atoms with van der Waals surface area (Å²) in [7, 11) is 0. The minimum Gasteiger partial charge on any atom is -0.330 e. The Balaban J connectivity index is 2.13. The Morgan fingerprint density at radius 3 is 2.70 bits per heavy atom. The lowest BCUT2D eigenvalue weighted by atomic mass is 10.1. The predicted octanol–water partition coefficient (Wildman–Crippen LogP) is 2.80. The Bertz CT molecular complexity index is 611. The molecule has 0 unspecified atom stereocenters. The number of aryl methyl sites for hydroxylation is 1. The highest BCUT2D eigenvalue weighted by molar-refractivity contribution is 6.32. The number of nitrogens with one attached hydrogen (secondary N) is 1. The molecule has 20 heavy (non-hydrogen) atoms. The highest BCUT2D eigenvalue weighted by atomic mass is 35.5. The molecule has 0 spiro atoms. The average Bonchev–Trinajstić information content (AvgIpc) is 2.44. The molecule has 104 valence electrons. The highest BCUT2D eigenvalue weighted by Crippen LogP contribution is 2.20. The number of nitrogens with zero attached hydrogens (tertiary/aromatic N) is 1. The molecule has 0 fully saturated rings. The number of halogens is 1. The fourth-order valence-electron chi connectivity index (χ4n) is 1.82. The Morgan fingerprint density at radius 2 is 2.05 bits per heavy atom. The number of nitrogens with two attached hydrogens (primary N) is 1. The molecule has 1 heterocycles. The first kappa shape index (κ1) is 14.5. The summed E-state index contributed by atoms with van der Waals surface area (Å²) in [6, 6.07) is 9.14. The maximum atomic E-state index is 12.1. The topological polar surface area (TPSA) is 68.0 Å². The van der Waals surface area contributed by atoms with Crippen LogP contribution in [0.5, 0.6) is 0 Å². The maximum Gasteiger partial charge on any atom is 0.255 e. The van der Waals surface area contributed by atoms with Crippen LogP contribution in [0.2, 0.25) is 5.15 Å². The van der Waals surface area contributed by atoms with Crippen LogP contribution in [0.1, 0.15) is 21.5 Å². The molecule has 0 atom stereocenters. The van der Waals surface area contributed by atoms with Gasteiger partial charge in [0.25, 0.3) is 5.91 Å². The Hall–Kier alpha value is -1.91. The third-order valence-corrected chi connectivity index (χ3v) is 3.17. The third-order valence-electron chi connectivity index (χ3n) is 2.87. The number of hydrogen-bond donors (Lipinski definition) is 2. The van der Waals surface area contributed by atoms with Crippen LogP contribution in [-0.4, -0.2) is 17.4 Å². The first-order chi connectivity index (χ1) is 9.60. The van der Waals surface area contributed by atoms with E-state index in [-0.39, 0.29) is 11.1 Å². The summed E-state index contributed by atoms with van der Waals surface area (Å²) in [6.07, 6.45) is 2.45. The van der Waals surface area contributed by atoms with E-state index in [0.717, 1.165) is 17.5 Å². The van der Waals surface area contributed by atoms with E-state index < -0.39 is 0 Å². The summed E-state index contributed by atoms with van der Waals surface area (Å²) >= 11 is 5.95. The van der Waals surface area contributed by atoms with E-state index in [1.54, 1.807) is 24.4 Å². The lowest BCUT2D eigenvalue weighted by Gasteiger charge is -2.08. The van der Waals surface area contributed by atoms with Crippen LogP contribution >= 0.6 is 11.6 Å². The van der Waals surface area contributed by atoms with Crippen molar-refractivity contribution >= 4 is 23.2 Å². The Morgan fingerprint density at radius 1 is 1.35 bits per heavy atom. The van der Waals surface area contributed by atoms with E-state index in [1.807, 2.05) is 19.1 Å². The minimum absolute atomic E-state index is 0.210. The van der Waals surface area contributed by atoms with Gasteiger partial charge in [-0.25, -0.2) is 4.98 Å². The van der Waals surface area contributed by atoms with Crippen LogP contribution in [0.15, 0.2) is 36.5 Å². The number of hydrogen-bond acceptors (Lipinski definition) is 3. The summed E-state index contributed by atoms with van der Waals surface area (Å²) in [6.45, 7) is 2.48. The molecule has 0 bridgehead atoms. The van der Waals surface area contributed by atoms with Crippen LogP contribution in [0.4, 0.5) is 5.69 Å². The second-order valence-electron chi connectivity index (χ2n) is 4.54. The van der Waals surface area contributed by atoms with Gasteiger partial charge in [-0.1, -0.05) is 23.7 Å². The van der Waals surface area contributed by atoms with Crippen molar-refractivity contribution in [2.45, 2.75) is 13.3 Å². The highest BCUT2D eigenvalue weighted by Gasteiger charge is 2.09. The fraction of sp³-hybridized carbons (Fsp3) is 0.200. The third kappa shape index (κ3) is 3.56. The van der Waals surface area contributed by atoms with Crippen molar-refractivity contribution in [3.63, 3.8) is 0 Å². The van der Waals surface area contributed by atoms with E-state index >= 15 is 0 Å². The van der Waals surface area contributed by atoms with Crippen molar-refractivity contribution in [1.29, 1.82) is 0 Å². The van der Waals surface area contributed by atoms with Gasteiger partial charge in [-0.15, -0.1) is 0 Å². The molecule has 0 aliphatic rings. The monoisotopic (exact) mass is 289 g/mol. The zero-order valence-electron chi connectivity index (χ0n) is 11.2. The first-order valence-corrected chi connectivity index (χ1v) is 6.70. The van der Waals surface area contributed by atoms with Crippen LogP contribution in [0.25, 0.3) is 0 Å². The average molecular weight is 290 g/mol. The van der Waals surface area contributed by atoms with Gasteiger partial charge in [0.2, 0.25) is 0 Å². The summed E-state index contributed by atoms with van der Waals surface area (Å²) < 4.78 is 0. The van der Waals surface area contributed by atoms with Crippen molar-refractivity contribution < 1.29 is 4.79 Å². The van der Waals surface area contributed by atoms with E-state index in [0.29, 0.717) is 17.8 Å². The SMILES string of the molecule is Cc1cnc(Cl)c(NC(=O)c2ccc(CCN)cc2)c1. The Kier molecular flexibility index (Phi) is 4.71. The number of aromatic nitrogens is 1.